The van der Waals surface area contributed by atoms with E-state index >= 15 is 0 Å². The number of rotatable bonds is 6. The summed E-state index contributed by atoms with van der Waals surface area (Å²) in [5, 5.41) is 11.8. The summed E-state index contributed by atoms with van der Waals surface area (Å²) >= 11 is 7.83. The average molecular weight is 535 g/mol. The lowest BCUT2D eigenvalue weighted by Gasteiger charge is -2.28. The topological polar surface area (TPSA) is 62.7 Å². The van der Waals surface area contributed by atoms with Crippen molar-refractivity contribution in [2.45, 2.75) is 51.7 Å². The van der Waals surface area contributed by atoms with Crippen LogP contribution in [-0.4, -0.2) is 34.8 Å². The van der Waals surface area contributed by atoms with Crippen molar-refractivity contribution in [3.63, 3.8) is 0 Å². The van der Waals surface area contributed by atoms with Gasteiger partial charge in [-0.1, -0.05) is 65.4 Å². The normalized spacial score (nSPS) is 16.9. The van der Waals surface area contributed by atoms with Crippen molar-refractivity contribution >= 4 is 44.3 Å². The first kappa shape index (κ1) is 25.7. The number of benzene rings is 3. The van der Waals surface area contributed by atoms with E-state index in [1.54, 1.807) is 11.3 Å². The van der Waals surface area contributed by atoms with Crippen LogP contribution in [0.4, 0.5) is 5.13 Å². The van der Waals surface area contributed by atoms with Crippen LogP contribution in [0.2, 0.25) is 5.02 Å². The van der Waals surface area contributed by atoms with Gasteiger partial charge in [-0.2, -0.15) is 0 Å². The minimum absolute atomic E-state index is 0.470. The molecule has 1 N–H and O–H groups in total. The van der Waals surface area contributed by atoms with E-state index < -0.39 is 17.7 Å². The van der Waals surface area contributed by atoms with Crippen LogP contribution in [0.1, 0.15) is 55.9 Å². The average Bonchev–Trinajstić information content (AvgIpc) is 3.50. The smallest absolute Gasteiger partial charge is 0.337 e. The molecule has 1 aliphatic rings. The molecule has 0 aliphatic carbocycles. The number of aliphatic carboxylic acids is 1. The summed E-state index contributed by atoms with van der Waals surface area (Å²) < 4.78 is 7.08. The third kappa shape index (κ3) is 5.37. The van der Waals surface area contributed by atoms with Crippen LogP contribution in [0.15, 0.2) is 60.7 Å². The zero-order chi connectivity index (χ0) is 26.3. The molecule has 7 heteroatoms. The van der Waals surface area contributed by atoms with Crippen LogP contribution in [0.3, 0.4) is 0 Å². The molecule has 1 saturated heterocycles. The van der Waals surface area contributed by atoms with Crippen molar-refractivity contribution in [1.29, 1.82) is 0 Å². The van der Waals surface area contributed by atoms with E-state index in [0.29, 0.717) is 16.5 Å². The standard InChI is InChI=1S/C30H31ClN2O3S/c1-18-16-23-27(37-29(32-23)33-15-14-21(17-33)19-8-6-5-7-9-19)25(20-10-12-22(31)13-11-20)24(18)26(28(34)35)36-30(2,3)4/h5-13,16,21,26H,14-15,17H2,1-4H3,(H,34,35). The third-order valence-corrected chi connectivity index (χ3v) is 8.14. The van der Waals surface area contributed by atoms with Gasteiger partial charge in [0.25, 0.3) is 0 Å². The molecule has 1 aromatic heterocycles. The fourth-order valence-electron chi connectivity index (χ4n) is 5.09. The number of aryl methyl sites for hydroxylation is 1. The number of ether oxygens (including phenoxy) is 1. The van der Waals surface area contributed by atoms with Crippen LogP contribution in [0.5, 0.6) is 0 Å². The lowest BCUT2D eigenvalue weighted by molar-refractivity contribution is -0.160. The van der Waals surface area contributed by atoms with Crippen LogP contribution in [0.25, 0.3) is 21.3 Å². The van der Waals surface area contributed by atoms with Gasteiger partial charge in [0.2, 0.25) is 0 Å². The molecule has 192 valence electrons. The second-order valence-corrected chi connectivity index (χ2v) is 12.0. The zero-order valence-corrected chi connectivity index (χ0v) is 23.1. The Balaban J connectivity index is 1.64. The molecule has 3 aromatic carbocycles. The molecule has 2 heterocycles. The maximum atomic E-state index is 12.5. The number of thiazole rings is 1. The number of hydrogen-bond acceptors (Lipinski definition) is 5. The maximum Gasteiger partial charge on any atom is 0.337 e. The minimum atomic E-state index is -1.12. The Morgan fingerprint density at radius 3 is 2.51 bits per heavy atom. The highest BCUT2D eigenvalue weighted by Gasteiger charge is 2.33. The van der Waals surface area contributed by atoms with Crippen molar-refractivity contribution in [1.82, 2.24) is 4.98 Å². The second-order valence-electron chi connectivity index (χ2n) is 10.6. The summed E-state index contributed by atoms with van der Waals surface area (Å²) in [7, 11) is 0. The number of carboxylic acid groups (broad SMARTS) is 1. The molecule has 4 aromatic rings. The molecule has 1 fully saturated rings. The van der Waals surface area contributed by atoms with Crippen LogP contribution in [0, 0.1) is 6.92 Å². The molecule has 2 atom stereocenters. The summed E-state index contributed by atoms with van der Waals surface area (Å²) in [6.45, 7) is 9.42. The number of anilines is 1. The highest BCUT2D eigenvalue weighted by Crippen LogP contribution is 2.45. The van der Waals surface area contributed by atoms with Crippen LogP contribution < -0.4 is 4.90 Å². The molecule has 0 saturated carbocycles. The molecule has 0 radical (unpaired) electrons. The van der Waals surface area contributed by atoms with E-state index in [2.05, 4.69) is 35.2 Å². The minimum Gasteiger partial charge on any atom is -0.479 e. The van der Waals surface area contributed by atoms with E-state index in [-0.39, 0.29) is 0 Å². The Kier molecular flexibility index (Phi) is 7.01. The summed E-state index contributed by atoms with van der Waals surface area (Å²) in [4.78, 5) is 19.9. The van der Waals surface area contributed by atoms with Crippen molar-refractivity contribution < 1.29 is 14.6 Å². The number of carboxylic acids is 1. The zero-order valence-electron chi connectivity index (χ0n) is 21.5. The summed E-state index contributed by atoms with van der Waals surface area (Å²) in [6.07, 6.45) is -0.0377. The number of halogens is 1. The predicted molar refractivity (Wildman–Crippen MR) is 152 cm³/mol. The fourth-order valence-corrected chi connectivity index (χ4v) is 6.38. The largest absolute Gasteiger partial charge is 0.479 e. The van der Waals surface area contributed by atoms with Gasteiger partial charge in [-0.15, -0.1) is 0 Å². The summed E-state index contributed by atoms with van der Waals surface area (Å²) in [6, 6.07) is 20.2. The van der Waals surface area contributed by atoms with E-state index in [0.717, 1.165) is 51.5 Å². The first-order chi connectivity index (χ1) is 17.6. The monoisotopic (exact) mass is 534 g/mol. The van der Waals surface area contributed by atoms with Gasteiger partial charge in [-0.3, -0.25) is 0 Å². The molecule has 0 spiro atoms. The Labute approximate surface area is 226 Å². The van der Waals surface area contributed by atoms with Crippen LogP contribution >= 0.6 is 22.9 Å². The Morgan fingerprint density at radius 1 is 1.16 bits per heavy atom. The highest BCUT2D eigenvalue weighted by atomic mass is 35.5. The van der Waals surface area contributed by atoms with Gasteiger partial charge in [0.05, 0.1) is 15.8 Å². The predicted octanol–water partition coefficient (Wildman–Crippen LogP) is 7.86. The SMILES string of the molecule is Cc1cc2nc(N3CCC(c4ccccc4)C3)sc2c(-c2ccc(Cl)cc2)c1C(OC(C)(C)C)C(=O)O. The van der Waals surface area contributed by atoms with Crippen molar-refractivity contribution in [2.75, 3.05) is 18.0 Å². The molecule has 5 nitrogen and oxygen atoms in total. The van der Waals surface area contributed by atoms with Crippen molar-refractivity contribution in [2.24, 2.45) is 0 Å². The van der Waals surface area contributed by atoms with Gasteiger partial charge >= 0.3 is 5.97 Å². The number of fused-ring (bicyclic) bond motifs is 1. The highest BCUT2D eigenvalue weighted by molar-refractivity contribution is 7.22. The van der Waals surface area contributed by atoms with Crippen molar-refractivity contribution in [3.05, 3.63) is 82.4 Å². The molecule has 2 unspecified atom stereocenters. The Hall–Kier alpha value is -2.93. The fraction of sp³-hybridized carbons (Fsp3) is 0.333. The molecular weight excluding hydrogens is 504 g/mol. The number of nitrogens with zero attached hydrogens (tertiary/aromatic N) is 2. The van der Waals surface area contributed by atoms with Crippen LogP contribution in [-0.2, 0) is 9.53 Å². The van der Waals surface area contributed by atoms with Crippen molar-refractivity contribution in [3.8, 4) is 11.1 Å². The first-order valence-electron chi connectivity index (χ1n) is 12.5. The quantitative estimate of drug-likeness (QED) is 0.273. The first-order valence-corrected chi connectivity index (χ1v) is 13.7. The molecule has 1 aliphatic heterocycles. The second kappa shape index (κ2) is 10.1. The third-order valence-electron chi connectivity index (χ3n) is 6.74. The summed E-state index contributed by atoms with van der Waals surface area (Å²) in [5.74, 6) is -0.541. The van der Waals surface area contributed by atoms with Gasteiger partial charge in [0.15, 0.2) is 11.2 Å². The molecular formula is C30H31ClN2O3S. The van der Waals surface area contributed by atoms with Gasteiger partial charge in [-0.05, 0) is 69.0 Å². The Bertz CT molecular complexity index is 1430. The Morgan fingerprint density at radius 2 is 1.86 bits per heavy atom. The molecule has 5 rings (SSSR count). The van der Waals surface area contributed by atoms with E-state index in [4.69, 9.17) is 21.3 Å². The number of aromatic nitrogens is 1. The maximum absolute atomic E-state index is 12.5. The van der Waals surface area contributed by atoms with Gasteiger partial charge < -0.3 is 14.7 Å². The van der Waals surface area contributed by atoms with E-state index in [9.17, 15) is 9.90 Å². The molecule has 37 heavy (non-hydrogen) atoms. The molecule has 0 bridgehead atoms. The number of hydrogen-bond donors (Lipinski definition) is 1. The lowest BCUT2D eigenvalue weighted by atomic mass is 9.91. The lowest BCUT2D eigenvalue weighted by Crippen LogP contribution is -2.28. The van der Waals surface area contributed by atoms with Gasteiger partial charge in [0.1, 0.15) is 0 Å². The number of carbonyl (C=O) groups is 1. The van der Waals surface area contributed by atoms with Gasteiger partial charge in [0, 0.05) is 35.2 Å². The molecule has 0 amide bonds. The van der Waals surface area contributed by atoms with E-state index in [1.165, 1.54) is 5.56 Å². The van der Waals surface area contributed by atoms with E-state index in [1.807, 2.05) is 58.0 Å². The summed E-state index contributed by atoms with van der Waals surface area (Å²) in [5.41, 5.74) is 4.85. The van der Waals surface area contributed by atoms with Gasteiger partial charge in [-0.25, -0.2) is 9.78 Å².